The van der Waals surface area contributed by atoms with Crippen molar-refractivity contribution in [2.24, 2.45) is 5.10 Å². The molecule has 1 aliphatic heterocycles. The summed E-state index contributed by atoms with van der Waals surface area (Å²) in [6.07, 6.45) is -9.72. The maximum Gasteiger partial charge on any atom is 0.416 e. The molecule has 0 saturated carbocycles. The SMILES string of the molecule is CN1N=C(NCc2cc(C(F)(F)F)cc(C(F)(F)F)c2)NN1. The molecule has 22 heavy (non-hydrogen) atoms. The van der Waals surface area contributed by atoms with Crippen LogP contribution in [0.1, 0.15) is 16.7 Å². The van der Waals surface area contributed by atoms with Gasteiger partial charge in [0, 0.05) is 13.6 Å². The molecule has 0 aromatic heterocycles. The Kier molecular flexibility index (Phi) is 4.09. The third-order valence-corrected chi connectivity index (χ3v) is 2.69. The van der Waals surface area contributed by atoms with Crippen molar-refractivity contribution in [3.05, 3.63) is 34.9 Å². The van der Waals surface area contributed by atoms with Crippen LogP contribution in [0.25, 0.3) is 0 Å². The fourth-order valence-corrected chi connectivity index (χ4v) is 1.72. The molecule has 5 nitrogen and oxygen atoms in total. The molecule has 1 aliphatic rings. The van der Waals surface area contributed by atoms with Crippen molar-refractivity contribution in [3.63, 3.8) is 0 Å². The van der Waals surface area contributed by atoms with Crippen LogP contribution in [0.5, 0.6) is 0 Å². The molecule has 1 aromatic rings. The second kappa shape index (κ2) is 5.55. The van der Waals surface area contributed by atoms with Crippen LogP contribution in [0.3, 0.4) is 0 Å². The lowest BCUT2D eigenvalue weighted by Crippen LogP contribution is -2.41. The Balaban J connectivity index is 2.24. The van der Waals surface area contributed by atoms with Crippen molar-refractivity contribution < 1.29 is 26.3 Å². The number of hydrazone groups is 1. The number of benzene rings is 1. The number of nitrogens with one attached hydrogen (secondary N) is 3. The maximum atomic E-state index is 12.7. The molecule has 1 aromatic carbocycles. The molecule has 0 amide bonds. The van der Waals surface area contributed by atoms with Crippen LogP contribution in [0.4, 0.5) is 26.3 Å². The minimum absolute atomic E-state index is 0.0875. The molecule has 0 bridgehead atoms. The molecule has 1 heterocycles. The number of guanidine groups is 1. The Hall–Kier alpha value is -2.17. The molecular formula is C11H11F6N5. The first kappa shape index (κ1) is 16.2. The first-order chi connectivity index (χ1) is 10.1. The monoisotopic (exact) mass is 327 g/mol. The van der Waals surface area contributed by atoms with Crippen molar-refractivity contribution in [1.82, 2.24) is 21.4 Å². The molecule has 0 fully saturated rings. The average molecular weight is 327 g/mol. The highest BCUT2D eigenvalue weighted by atomic mass is 19.4. The summed E-state index contributed by atoms with van der Waals surface area (Å²) in [5.41, 5.74) is 2.20. The Labute approximate surface area is 120 Å². The third-order valence-electron chi connectivity index (χ3n) is 2.69. The van der Waals surface area contributed by atoms with E-state index in [0.29, 0.717) is 12.1 Å². The van der Waals surface area contributed by atoms with Gasteiger partial charge in [0.15, 0.2) is 0 Å². The van der Waals surface area contributed by atoms with E-state index in [0.717, 1.165) is 0 Å². The normalized spacial score (nSPS) is 15.6. The molecule has 3 N–H and O–H groups in total. The number of alkyl halides is 6. The van der Waals surface area contributed by atoms with Crippen molar-refractivity contribution in [2.75, 3.05) is 7.05 Å². The second-order valence-corrected chi connectivity index (χ2v) is 4.48. The molecule has 0 saturated heterocycles. The van der Waals surface area contributed by atoms with Crippen LogP contribution in [0.2, 0.25) is 0 Å². The van der Waals surface area contributed by atoms with Crippen LogP contribution in [0.15, 0.2) is 23.3 Å². The van der Waals surface area contributed by atoms with Crippen LogP contribution >= 0.6 is 0 Å². The second-order valence-electron chi connectivity index (χ2n) is 4.48. The summed E-state index contributed by atoms with van der Waals surface area (Å²) in [6.45, 7) is -0.256. The number of rotatable bonds is 2. The van der Waals surface area contributed by atoms with E-state index in [1.165, 1.54) is 5.12 Å². The Morgan fingerprint density at radius 1 is 1.05 bits per heavy atom. The highest BCUT2D eigenvalue weighted by Gasteiger charge is 2.36. The Morgan fingerprint density at radius 2 is 1.59 bits per heavy atom. The van der Waals surface area contributed by atoms with Crippen molar-refractivity contribution in [1.29, 1.82) is 0 Å². The summed E-state index contributed by atoms with van der Waals surface area (Å²) in [5, 5.41) is 7.68. The smallest absolute Gasteiger partial charge is 0.350 e. The van der Waals surface area contributed by atoms with Crippen LogP contribution < -0.4 is 16.3 Å². The molecule has 0 atom stereocenters. The van der Waals surface area contributed by atoms with Gasteiger partial charge in [-0.1, -0.05) is 0 Å². The van der Waals surface area contributed by atoms with Crippen LogP contribution in [0, 0.1) is 0 Å². The predicted octanol–water partition coefficient (Wildman–Crippen LogP) is 2.04. The van der Waals surface area contributed by atoms with Gasteiger partial charge < -0.3 is 5.32 Å². The van der Waals surface area contributed by atoms with Gasteiger partial charge in [0.1, 0.15) is 0 Å². The Morgan fingerprint density at radius 3 is 2.00 bits per heavy atom. The fourth-order valence-electron chi connectivity index (χ4n) is 1.72. The summed E-state index contributed by atoms with van der Waals surface area (Å²) in [7, 11) is 1.55. The summed E-state index contributed by atoms with van der Waals surface area (Å²) in [4.78, 5) is 0. The average Bonchev–Trinajstić information content (AvgIpc) is 2.80. The summed E-state index contributed by atoms with van der Waals surface area (Å²) in [6, 6.07) is 1.41. The van der Waals surface area contributed by atoms with Gasteiger partial charge in [0.05, 0.1) is 11.1 Å². The predicted molar refractivity (Wildman–Crippen MR) is 64.8 cm³/mol. The minimum atomic E-state index is -4.86. The molecule has 0 radical (unpaired) electrons. The van der Waals surface area contributed by atoms with Gasteiger partial charge in [-0.2, -0.15) is 26.3 Å². The zero-order chi connectivity index (χ0) is 16.5. The summed E-state index contributed by atoms with van der Waals surface area (Å²) >= 11 is 0. The van der Waals surface area contributed by atoms with E-state index in [2.05, 4.69) is 21.4 Å². The zero-order valence-electron chi connectivity index (χ0n) is 11.1. The first-order valence-corrected chi connectivity index (χ1v) is 5.92. The molecule has 0 aliphatic carbocycles. The van der Waals surface area contributed by atoms with Gasteiger partial charge in [-0.25, -0.2) is 5.12 Å². The van der Waals surface area contributed by atoms with E-state index in [9.17, 15) is 26.3 Å². The lowest BCUT2D eigenvalue weighted by atomic mass is 10.0. The van der Waals surface area contributed by atoms with E-state index in [4.69, 9.17) is 0 Å². The van der Waals surface area contributed by atoms with Gasteiger partial charge in [-0.15, -0.1) is 10.6 Å². The van der Waals surface area contributed by atoms with Crippen molar-refractivity contribution >= 4 is 5.96 Å². The number of halogens is 6. The Bertz CT molecular complexity index is 547. The summed E-state index contributed by atoms with van der Waals surface area (Å²) in [5.74, 6) is 0.175. The van der Waals surface area contributed by atoms with Crippen molar-refractivity contribution in [2.45, 2.75) is 18.9 Å². The standard InChI is InChI=1S/C11H11F6N5/c1-22-20-9(19-21-22)18-5-6-2-7(10(12,13)14)4-8(3-6)11(15,16)17/h2-4,21H,5H2,1H3,(H2,18,19,20). The highest BCUT2D eigenvalue weighted by Crippen LogP contribution is 2.36. The van der Waals surface area contributed by atoms with Gasteiger partial charge in [-0.05, 0) is 23.8 Å². The molecule has 2 rings (SSSR count). The number of hydrogen-bond acceptors (Lipinski definition) is 5. The minimum Gasteiger partial charge on any atom is -0.350 e. The zero-order valence-corrected chi connectivity index (χ0v) is 11.1. The largest absolute Gasteiger partial charge is 0.416 e. The third kappa shape index (κ3) is 3.93. The lowest BCUT2D eigenvalue weighted by Gasteiger charge is -2.14. The molecule has 11 heteroatoms. The summed E-state index contributed by atoms with van der Waals surface area (Å²) < 4.78 is 76.1. The molecular weight excluding hydrogens is 316 g/mol. The molecule has 0 unspecified atom stereocenters. The van der Waals surface area contributed by atoms with E-state index in [1.54, 1.807) is 7.05 Å². The van der Waals surface area contributed by atoms with Gasteiger partial charge in [-0.3, -0.25) is 5.43 Å². The quantitative estimate of drug-likeness (QED) is 0.728. The first-order valence-electron chi connectivity index (χ1n) is 5.92. The van der Waals surface area contributed by atoms with Gasteiger partial charge in [0.25, 0.3) is 0 Å². The highest BCUT2D eigenvalue weighted by molar-refractivity contribution is 5.79. The lowest BCUT2D eigenvalue weighted by molar-refractivity contribution is -0.143. The fraction of sp³-hybridized carbons (Fsp3) is 0.364. The van der Waals surface area contributed by atoms with E-state index < -0.39 is 23.5 Å². The van der Waals surface area contributed by atoms with E-state index in [1.807, 2.05) is 0 Å². The molecule has 122 valence electrons. The van der Waals surface area contributed by atoms with Gasteiger partial charge >= 0.3 is 12.4 Å². The van der Waals surface area contributed by atoms with Crippen LogP contribution in [-0.2, 0) is 18.9 Å². The van der Waals surface area contributed by atoms with Crippen molar-refractivity contribution in [3.8, 4) is 0 Å². The van der Waals surface area contributed by atoms with Gasteiger partial charge in [0.2, 0.25) is 5.96 Å². The number of hydrogen-bond donors (Lipinski definition) is 3. The van der Waals surface area contributed by atoms with Crippen LogP contribution in [-0.4, -0.2) is 18.1 Å². The maximum absolute atomic E-state index is 12.7. The van der Waals surface area contributed by atoms with E-state index in [-0.39, 0.29) is 24.1 Å². The molecule has 0 spiro atoms. The number of hydrazine groups is 2. The van der Waals surface area contributed by atoms with E-state index >= 15 is 0 Å². The topological polar surface area (TPSA) is 51.7 Å². The number of nitrogens with zero attached hydrogens (tertiary/aromatic N) is 2.